The Balaban J connectivity index is 1.65. The van der Waals surface area contributed by atoms with Gasteiger partial charge >= 0.3 is 5.97 Å². The van der Waals surface area contributed by atoms with Gasteiger partial charge in [-0.15, -0.1) is 0 Å². The van der Waals surface area contributed by atoms with Gasteiger partial charge in [-0.2, -0.15) is 0 Å². The molecule has 8 nitrogen and oxygen atoms in total. The monoisotopic (exact) mass is 350 g/mol. The Morgan fingerprint density at radius 2 is 2.20 bits per heavy atom. The van der Waals surface area contributed by atoms with E-state index in [4.69, 9.17) is 14.3 Å². The molecule has 8 heteroatoms. The van der Waals surface area contributed by atoms with Crippen molar-refractivity contribution in [2.24, 2.45) is 5.92 Å². The van der Waals surface area contributed by atoms with E-state index in [1.165, 1.54) is 0 Å². The second kappa shape index (κ2) is 7.26. The standard InChI is InChI=1S/C17H22N2O6/c1-24-14-6-12(7-16(21)22)19(10-14)17(23)11-5-15(20)18(8-11)9-13-3-2-4-25-13/h2-4,11-12,14H,5-10H2,1H3,(H,21,22). The lowest BCUT2D eigenvalue weighted by Gasteiger charge is -2.26. The molecule has 3 rings (SSSR count). The molecular weight excluding hydrogens is 328 g/mol. The Morgan fingerprint density at radius 3 is 2.84 bits per heavy atom. The highest BCUT2D eigenvalue weighted by Crippen LogP contribution is 2.28. The molecule has 0 saturated carbocycles. The van der Waals surface area contributed by atoms with Crippen LogP contribution in [0.2, 0.25) is 0 Å². The van der Waals surface area contributed by atoms with Gasteiger partial charge in [0.05, 0.1) is 31.3 Å². The van der Waals surface area contributed by atoms with Crippen molar-refractivity contribution in [1.82, 2.24) is 9.80 Å². The molecule has 2 saturated heterocycles. The molecule has 1 aromatic heterocycles. The maximum Gasteiger partial charge on any atom is 0.305 e. The van der Waals surface area contributed by atoms with E-state index in [9.17, 15) is 14.4 Å². The molecule has 0 aliphatic carbocycles. The van der Waals surface area contributed by atoms with E-state index < -0.39 is 11.9 Å². The maximum absolute atomic E-state index is 12.9. The summed E-state index contributed by atoms with van der Waals surface area (Å²) in [5, 5.41) is 9.07. The van der Waals surface area contributed by atoms with E-state index in [-0.39, 0.29) is 36.8 Å². The highest BCUT2D eigenvalue weighted by Gasteiger charge is 2.42. The fourth-order valence-electron chi connectivity index (χ4n) is 3.63. The van der Waals surface area contributed by atoms with Crippen LogP contribution in [0.5, 0.6) is 0 Å². The van der Waals surface area contributed by atoms with E-state index in [0.717, 1.165) is 0 Å². The van der Waals surface area contributed by atoms with Crippen LogP contribution in [0.3, 0.4) is 0 Å². The summed E-state index contributed by atoms with van der Waals surface area (Å²) in [5.41, 5.74) is 0. The number of methoxy groups -OCH3 is 1. The molecule has 2 amide bonds. The molecule has 1 N–H and O–H groups in total. The van der Waals surface area contributed by atoms with E-state index in [1.54, 1.807) is 35.3 Å². The first kappa shape index (κ1) is 17.5. The predicted molar refractivity (Wildman–Crippen MR) is 85.4 cm³/mol. The molecule has 0 spiro atoms. The number of ether oxygens (including phenoxy) is 1. The molecule has 3 unspecified atom stereocenters. The summed E-state index contributed by atoms with van der Waals surface area (Å²) in [6.45, 7) is 1.04. The topological polar surface area (TPSA) is 100 Å². The lowest BCUT2D eigenvalue weighted by Crippen LogP contribution is -2.41. The largest absolute Gasteiger partial charge is 0.481 e. The molecule has 0 bridgehead atoms. The molecule has 0 radical (unpaired) electrons. The average Bonchev–Trinajstić information content (AvgIpc) is 3.28. The van der Waals surface area contributed by atoms with Crippen molar-refractivity contribution in [3.8, 4) is 0 Å². The summed E-state index contributed by atoms with van der Waals surface area (Å²) in [6.07, 6.45) is 1.93. The number of likely N-dealkylation sites (tertiary alicyclic amines) is 2. The third-order valence-electron chi connectivity index (χ3n) is 4.89. The lowest BCUT2D eigenvalue weighted by molar-refractivity contribution is -0.141. The van der Waals surface area contributed by atoms with Crippen LogP contribution in [0, 0.1) is 5.92 Å². The van der Waals surface area contributed by atoms with Crippen LogP contribution in [0.1, 0.15) is 25.0 Å². The molecule has 0 aromatic carbocycles. The van der Waals surface area contributed by atoms with Crippen LogP contribution in [0.4, 0.5) is 0 Å². The van der Waals surface area contributed by atoms with Crippen molar-refractivity contribution in [2.75, 3.05) is 20.2 Å². The van der Waals surface area contributed by atoms with Crippen molar-refractivity contribution in [3.05, 3.63) is 24.2 Å². The van der Waals surface area contributed by atoms with Gasteiger partial charge in [0, 0.05) is 32.7 Å². The number of carbonyl (C=O) groups excluding carboxylic acids is 2. The van der Waals surface area contributed by atoms with Gasteiger partial charge in [-0.25, -0.2) is 0 Å². The molecule has 2 aliphatic rings. The smallest absolute Gasteiger partial charge is 0.305 e. The van der Waals surface area contributed by atoms with Crippen LogP contribution >= 0.6 is 0 Å². The van der Waals surface area contributed by atoms with Gasteiger partial charge < -0.3 is 24.1 Å². The quantitative estimate of drug-likeness (QED) is 0.811. The maximum atomic E-state index is 12.9. The number of carboxylic acid groups (broad SMARTS) is 1. The highest BCUT2D eigenvalue weighted by molar-refractivity contribution is 5.89. The normalized spacial score (nSPS) is 26.4. The average molecular weight is 350 g/mol. The Labute approximate surface area is 145 Å². The van der Waals surface area contributed by atoms with Crippen LogP contribution in [0.25, 0.3) is 0 Å². The number of nitrogens with zero attached hydrogens (tertiary/aromatic N) is 2. The third kappa shape index (κ3) is 3.84. The van der Waals surface area contributed by atoms with E-state index in [2.05, 4.69) is 0 Å². The number of furan rings is 1. The van der Waals surface area contributed by atoms with Gasteiger partial charge in [0.15, 0.2) is 0 Å². The number of carboxylic acids is 1. The fourth-order valence-corrected chi connectivity index (χ4v) is 3.63. The number of hydrogen-bond donors (Lipinski definition) is 1. The molecule has 3 atom stereocenters. The predicted octanol–water partition coefficient (Wildman–Crippen LogP) is 0.719. The fraction of sp³-hybridized carbons (Fsp3) is 0.588. The highest BCUT2D eigenvalue weighted by atomic mass is 16.5. The second-order valence-corrected chi connectivity index (χ2v) is 6.59. The van der Waals surface area contributed by atoms with Gasteiger partial charge in [-0.05, 0) is 18.6 Å². The van der Waals surface area contributed by atoms with Crippen LogP contribution < -0.4 is 0 Å². The zero-order chi connectivity index (χ0) is 18.0. The number of amides is 2. The van der Waals surface area contributed by atoms with E-state index in [0.29, 0.717) is 31.8 Å². The van der Waals surface area contributed by atoms with Gasteiger partial charge in [0.2, 0.25) is 11.8 Å². The third-order valence-corrected chi connectivity index (χ3v) is 4.89. The van der Waals surface area contributed by atoms with Gasteiger partial charge in [0.25, 0.3) is 0 Å². The summed E-state index contributed by atoms with van der Waals surface area (Å²) in [4.78, 5) is 39.3. The molecule has 2 fully saturated rings. The Hall–Kier alpha value is -2.35. The summed E-state index contributed by atoms with van der Waals surface area (Å²) < 4.78 is 10.6. The van der Waals surface area contributed by atoms with Gasteiger partial charge in [-0.3, -0.25) is 14.4 Å². The lowest BCUT2D eigenvalue weighted by atomic mass is 10.1. The molecule has 1 aromatic rings. The molecular formula is C17H22N2O6. The Morgan fingerprint density at radius 1 is 1.40 bits per heavy atom. The molecule has 2 aliphatic heterocycles. The summed E-state index contributed by atoms with van der Waals surface area (Å²) in [5.74, 6) is -0.977. The summed E-state index contributed by atoms with van der Waals surface area (Å²) >= 11 is 0. The minimum absolute atomic E-state index is 0.0907. The van der Waals surface area contributed by atoms with Crippen molar-refractivity contribution in [1.29, 1.82) is 0 Å². The second-order valence-electron chi connectivity index (χ2n) is 6.59. The Kier molecular flexibility index (Phi) is 5.08. The zero-order valence-corrected chi connectivity index (χ0v) is 14.1. The number of rotatable bonds is 6. The minimum atomic E-state index is -0.943. The van der Waals surface area contributed by atoms with Gasteiger partial charge in [-0.1, -0.05) is 0 Å². The number of aliphatic carboxylic acids is 1. The van der Waals surface area contributed by atoms with E-state index >= 15 is 0 Å². The SMILES string of the molecule is COC1CC(CC(=O)O)N(C(=O)C2CC(=O)N(Cc3ccco3)C2)C1. The van der Waals surface area contributed by atoms with Crippen LogP contribution in [-0.4, -0.2) is 65.0 Å². The van der Waals surface area contributed by atoms with Crippen molar-refractivity contribution in [2.45, 2.75) is 38.0 Å². The van der Waals surface area contributed by atoms with Crippen LogP contribution in [-0.2, 0) is 25.7 Å². The molecule has 25 heavy (non-hydrogen) atoms. The number of hydrogen-bond acceptors (Lipinski definition) is 5. The Bertz CT molecular complexity index is 644. The first-order chi connectivity index (χ1) is 12.0. The zero-order valence-electron chi connectivity index (χ0n) is 14.1. The van der Waals surface area contributed by atoms with Crippen LogP contribution in [0.15, 0.2) is 22.8 Å². The summed E-state index contributed by atoms with van der Waals surface area (Å²) in [6, 6.07) is 3.16. The van der Waals surface area contributed by atoms with Crippen molar-refractivity contribution >= 4 is 17.8 Å². The minimum Gasteiger partial charge on any atom is -0.481 e. The van der Waals surface area contributed by atoms with Crippen molar-refractivity contribution in [3.63, 3.8) is 0 Å². The number of carbonyl (C=O) groups is 3. The van der Waals surface area contributed by atoms with Crippen molar-refractivity contribution < 1.29 is 28.6 Å². The molecule has 136 valence electrons. The molecule has 3 heterocycles. The first-order valence-electron chi connectivity index (χ1n) is 8.33. The first-order valence-corrected chi connectivity index (χ1v) is 8.33. The van der Waals surface area contributed by atoms with Gasteiger partial charge in [0.1, 0.15) is 5.76 Å². The van der Waals surface area contributed by atoms with E-state index in [1.807, 2.05) is 0 Å². The summed E-state index contributed by atoms with van der Waals surface area (Å²) in [7, 11) is 1.56.